The molecule has 0 spiro atoms. The maximum Gasteiger partial charge on any atom is 0.0853 e. The second-order valence-corrected chi connectivity index (χ2v) is 5.21. The van der Waals surface area contributed by atoms with Crippen LogP contribution in [0, 0.1) is 5.92 Å². The van der Waals surface area contributed by atoms with Crippen LogP contribution in [0.2, 0.25) is 0 Å². The van der Waals surface area contributed by atoms with E-state index < -0.39 is 0 Å². The summed E-state index contributed by atoms with van der Waals surface area (Å²) < 4.78 is 6.06. The lowest BCUT2D eigenvalue weighted by Gasteiger charge is -2.42. The van der Waals surface area contributed by atoms with Gasteiger partial charge in [0.2, 0.25) is 0 Å². The van der Waals surface area contributed by atoms with Crippen LogP contribution in [0.4, 0.5) is 0 Å². The molecular formula is C15H20O. The van der Waals surface area contributed by atoms with Crippen molar-refractivity contribution in [1.29, 1.82) is 0 Å². The molecule has 0 radical (unpaired) electrons. The molecule has 0 unspecified atom stereocenters. The van der Waals surface area contributed by atoms with E-state index in [2.05, 4.69) is 30.3 Å². The van der Waals surface area contributed by atoms with Gasteiger partial charge in [-0.3, -0.25) is 0 Å². The maximum absolute atomic E-state index is 6.06. The van der Waals surface area contributed by atoms with E-state index in [0.29, 0.717) is 12.2 Å². The van der Waals surface area contributed by atoms with Gasteiger partial charge >= 0.3 is 0 Å². The number of rotatable bonds is 2. The van der Waals surface area contributed by atoms with Crippen molar-refractivity contribution in [1.82, 2.24) is 0 Å². The average Bonchev–Trinajstić information content (AvgIpc) is 2.30. The van der Waals surface area contributed by atoms with Crippen molar-refractivity contribution in [3.8, 4) is 0 Å². The molecule has 2 atom stereocenters. The van der Waals surface area contributed by atoms with Crippen LogP contribution in [0.1, 0.15) is 50.2 Å². The normalized spacial score (nSPS) is 31.0. The number of hydrogen-bond acceptors (Lipinski definition) is 1. The highest BCUT2D eigenvalue weighted by molar-refractivity contribution is 5.19. The van der Waals surface area contributed by atoms with Gasteiger partial charge in [-0.25, -0.2) is 0 Å². The molecule has 1 saturated heterocycles. The summed E-state index contributed by atoms with van der Waals surface area (Å²) in [5.41, 5.74) is 1.36. The molecule has 1 aromatic carbocycles. The summed E-state index contributed by atoms with van der Waals surface area (Å²) in [4.78, 5) is 0. The van der Waals surface area contributed by atoms with E-state index in [1.165, 1.54) is 44.1 Å². The Morgan fingerprint density at radius 2 is 1.62 bits per heavy atom. The molecule has 2 aliphatic rings. The van der Waals surface area contributed by atoms with Crippen LogP contribution in [0.15, 0.2) is 30.3 Å². The minimum atomic E-state index is 0.383. The van der Waals surface area contributed by atoms with E-state index in [4.69, 9.17) is 4.74 Å². The zero-order chi connectivity index (χ0) is 10.8. The van der Waals surface area contributed by atoms with Crippen LogP contribution in [0.3, 0.4) is 0 Å². The molecule has 1 aliphatic carbocycles. The lowest BCUT2D eigenvalue weighted by Crippen LogP contribution is -2.38. The van der Waals surface area contributed by atoms with Gasteiger partial charge in [0.05, 0.1) is 12.2 Å². The van der Waals surface area contributed by atoms with Crippen molar-refractivity contribution < 1.29 is 4.74 Å². The van der Waals surface area contributed by atoms with Gasteiger partial charge in [-0.2, -0.15) is 0 Å². The summed E-state index contributed by atoms with van der Waals surface area (Å²) >= 11 is 0. The summed E-state index contributed by atoms with van der Waals surface area (Å²) in [5.74, 6) is 0.855. The molecule has 1 heterocycles. The standard InChI is InChI=1S/C15H20O/c1-3-7-12(8-4-1)14-11-15(16-14)13-9-5-2-6-10-13/h1,3-4,7-8,13-15H,2,5-6,9-11H2/t14-,15-/m1/s1. The fourth-order valence-corrected chi connectivity index (χ4v) is 3.10. The molecular weight excluding hydrogens is 196 g/mol. The zero-order valence-electron chi connectivity index (χ0n) is 9.77. The summed E-state index contributed by atoms with van der Waals surface area (Å²) in [6.07, 6.45) is 9.25. The van der Waals surface area contributed by atoms with Crippen molar-refractivity contribution in [2.24, 2.45) is 5.92 Å². The molecule has 1 heteroatoms. The molecule has 0 amide bonds. The monoisotopic (exact) mass is 216 g/mol. The second kappa shape index (κ2) is 4.58. The van der Waals surface area contributed by atoms with Crippen LogP contribution >= 0.6 is 0 Å². The van der Waals surface area contributed by atoms with E-state index in [0.717, 1.165) is 5.92 Å². The smallest absolute Gasteiger partial charge is 0.0853 e. The van der Waals surface area contributed by atoms with Gasteiger partial charge in [-0.15, -0.1) is 0 Å². The minimum absolute atomic E-state index is 0.383. The Bertz CT molecular complexity index is 321. The Hall–Kier alpha value is -0.820. The predicted octanol–water partition coefficient (Wildman–Crippen LogP) is 4.10. The zero-order valence-corrected chi connectivity index (χ0v) is 9.77. The third kappa shape index (κ3) is 2.01. The first kappa shape index (κ1) is 10.3. The third-order valence-corrected chi connectivity index (χ3v) is 4.13. The average molecular weight is 216 g/mol. The van der Waals surface area contributed by atoms with E-state index in [-0.39, 0.29) is 0 Å². The van der Waals surface area contributed by atoms with Crippen LogP contribution in [-0.2, 0) is 4.74 Å². The summed E-state index contributed by atoms with van der Waals surface area (Å²) in [5, 5.41) is 0. The number of ether oxygens (including phenoxy) is 1. The van der Waals surface area contributed by atoms with E-state index in [1.54, 1.807) is 0 Å². The van der Waals surface area contributed by atoms with Crippen LogP contribution < -0.4 is 0 Å². The molecule has 2 fully saturated rings. The molecule has 1 saturated carbocycles. The molecule has 86 valence electrons. The van der Waals surface area contributed by atoms with Crippen molar-refractivity contribution in [2.45, 2.75) is 50.7 Å². The van der Waals surface area contributed by atoms with Gasteiger partial charge in [0, 0.05) is 6.42 Å². The van der Waals surface area contributed by atoms with E-state index in [1.807, 2.05) is 0 Å². The Kier molecular flexibility index (Phi) is 2.96. The van der Waals surface area contributed by atoms with Crippen LogP contribution in [0.5, 0.6) is 0 Å². The van der Waals surface area contributed by atoms with Crippen molar-refractivity contribution in [3.05, 3.63) is 35.9 Å². The first-order valence-corrected chi connectivity index (χ1v) is 6.64. The third-order valence-electron chi connectivity index (χ3n) is 4.13. The van der Waals surface area contributed by atoms with Crippen molar-refractivity contribution >= 4 is 0 Å². The van der Waals surface area contributed by atoms with Crippen molar-refractivity contribution in [3.63, 3.8) is 0 Å². The fraction of sp³-hybridized carbons (Fsp3) is 0.600. The quantitative estimate of drug-likeness (QED) is 0.723. The first-order valence-electron chi connectivity index (χ1n) is 6.64. The summed E-state index contributed by atoms with van der Waals surface area (Å²) in [6.45, 7) is 0. The Morgan fingerprint density at radius 1 is 0.938 bits per heavy atom. The molecule has 1 nitrogen and oxygen atoms in total. The molecule has 0 aromatic heterocycles. The molecule has 16 heavy (non-hydrogen) atoms. The lowest BCUT2D eigenvalue weighted by molar-refractivity contribution is -0.158. The van der Waals surface area contributed by atoms with Crippen LogP contribution in [-0.4, -0.2) is 6.10 Å². The lowest BCUT2D eigenvalue weighted by atomic mass is 9.80. The summed E-state index contributed by atoms with van der Waals surface area (Å²) in [7, 11) is 0. The van der Waals surface area contributed by atoms with E-state index >= 15 is 0 Å². The number of hydrogen-bond donors (Lipinski definition) is 0. The molecule has 1 aliphatic heterocycles. The molecule has 0 N–H and O–H groups in total. The van der Waals surface area contributed by atoms with Gasteiger partial charge in [-0.05, 0) is 24.3 Å². The molecule has 0 bridgehead atoms. The first-order chi connectivity index (χ1) is 7.93. The topological polar surface area (TPSA) is 9.23 Å². The van der Waals surface area contributed by atoms with Gasteiger partial charge in [0.25, 0.3) is 0 Å². The Morgan fingerprint density at radius 3 is 2.31 bits per heavy atom. The van der Waals surface area contributed by atoms with Gasteiger partial charge < -0.3 is 4.74 Å². The Labute approximate surface area is 97.8 Å². The highest BCUT2D eigenvalue weighted by Crippen LogP contribution is 2.42. The second-order valence-electron chi connectivity index (χ2n) is 5.21. The summed E-state index contributed by atoms with van der Waals surface area (Å²) in [6, 6.07) is 10.6. The highest BCUT2D eigenvalue weighted by atomic mass is 16.5. The van der Waals surface area contributed by atoms with Crippen LogP contribution in [0.25, 0.3) is 0 Å². The van der Waals surface area contributed by atoms with Gasteiger partial charge in [0.15, 0.2) is 0 Å². The fourth-order valence-electron chi connectivity index (χ4n) is 3.10. The van der Waals surface area contributed by atoms with Crippen molar-refractivity contribution in [2.75, 3.05) is 0 Å². The largest absolute Gasteiger partial charge is 0.370 e. The van der Waals surface area contributed by atoms with E-state index in [9.17, 15) is 0 Å². The van der Waals surface area contributed by atoms with Gasteiger partial charge in [0.1, 0.15) is 0 Å². The Balaban J connectivity index is 1.54. The molecule has 3 rings (SSSR count). The minimum Gasteiger partial charge on any atom is -0.370 e. The molecule has 1 aromatic rings. The SMILES string of the molecule is c1ccc([C@H]2C[C@H](C3CCCCC3)O2)cc1. The predicted molar refractivity (Wildman–Crippen MR) is 65.2 cm³/mol. The van der Waals surface area contributed by atoms with Gasteiger partial charge in [-0.1, -0.05) is 49.6 Å². The maximum atomic E-state index is 6.06. The number of benzene rings is 1. The highest BCUT2D eigenvalue weighted by Gasteiger charge is 2.36.